The van der Waals surface area contributed by atoms with Gasteiger partial charge in [0, 0.05) is 159 Å². The number of allylic oxidation sites excluding steroid dienone is 8. The molecule has 0 spiro atoms. The van der Waals surface area contributed by atoms with Crippen LogP contribution < -0.4 is 23.8 Å². The van der Waals surface area contributed by atoms with Gasteiger partial charge in [0.2, 0.25) is 0 Å². The standard InChI is InChI=1S/C42H39N4O.2C29H29N4O.C25H21N4O.4Pt/c1-28-15-13-16-29(2)41(28)45-27-38(44-22-12-11-21-39(44)45)33-23-34(42(5,6)7)25-37(24-33)47-36-20-14-19-35(26-36)46-31(4)40(30(3)43-46)32-17-9-8-10-18-32;2*1-20-14-21(2)33(30-20)24-16-23(29(3,4)5)17-26(18-24)34-25-11-9-10-22(15-25)27-19-31(6)28-12-7-8-13-32(27)28;1-18-14-19(2)29(26-18)21-9-7-11-23(16-21)30-22-10-6-8-20(15-22)24-17-27(3)25-12-4-5-13-28(24)25;;;;/h8-23,25,39H,1-7H3;2*7-14,16-17,28H,1-6H3;4-14,25H,1-3H3;;;;/q4*-3;;;;. The van der Waals surface area contributed by atoms with E-state index in [1.165, 1.54) is 16.8 Å². The number of rotatable bonds is 18. The first-order chi connectivity index (χ1) is 69.5. The number of benzene rings is 10. The molecule has 12 heterocycles. The number of fused-ring (bicyclic) bond motifs is 4. The molecule has 8 aliphatic rings. The fraction of sp³-hybridized carbons (Fsp3) is 0.232. The van der Waals surface area contributed by atoms with E-state index in [1.54, 1.807) is 0 Å². The van der Waals surface area contributed by atoms with Crippen molar-refractivity contribution < 1.29 is 103 Å². The van der Waals surface area contributed by atoms with Crippen LogP contribution in [0.4, 0.5) is 5.69 Å². The van der Waals surface area contributed by atoms with Crippen LogP contribution in [0.25, 0.3) is 56.7 Å². The zero-order chi connectivity index (χ0) is 102. The summed E-state index contributed by atoms with van der Waals surface area (Å²) in [5, 5.41) is 18.7. The molecule has 10 aromatic carbocycles. The van der Waals surface area contributed by atoms with E-state index in [1.807, 2.05) is 189 Å². The van der Waals surface area contributed by atoms with E-state index in [9.17, 15) is 0 Å². The minimum absolute atomic E-state index is 0. The van der Waals surface area contributed by atoms with Crippen LogP contribution in [0, 0.1) is 143 Å². The molecule has 0 N–H and O–H groups in total. The quantitative estimate of drug-likeness (QED) is 0.0754. The second-order valence-electron chi connectivity index (χ2n) is 40.4. The summed E-state index contributed by atoms with van der Waals surface area (Å²) in [7, 11) is 6.08. The number of nitrogens with zero attached hydrogens (tertiary/aromatic N) is 16. The van der Waals surface area contributed by atoms with Crippen molar-refractivity contribution in [3.63, 3.8) is 0 Å². The van der Waals surface area contributed by atoms with Crippen LogP contribution in [0.2, 0.25) is 0 Å². The summed E-state index contributed by atoms with van der Waals surface area (Å²) in [6.45, 7) is 40.4. The predicted molar refractivity (Wildman–Crippen MR) is 574 cm³/mol. The maximum absolute atomic E-state index is 6.57. The first kappa shape index (κ1) is 109. The van der Waals surface area contributed by atoms with Gasteiger partial charge in [0.15, 0.2) is 0 Å². The number of likely N-dealkylation sites (N-methyl/N-ethyl adjacent to an activating group) is 3. The Kier molecular flexibility index (Phi) is 33.6. The first-order valence-corrected chi connectivity index (χ1v) is 49.0. The fourth-order valence-corrected chi connectivity index (χ4v) is 18.8. The van der Waals surface area contributed by atoms with Gasteiger partial charge in [0.1, 0.15) is 0 Å². The minimum atomic E-state index is -0.117. The molecule has 0 fully saturated rings. The maximum atomic E-state index is 6.57. The molecule has 24 heteroatoms. The summed E-state index contributed by atoms with van der Waals surface area (Å²) in [6, 6.07) is 92.6. The van der Waals surface area contributed by atoms with Crippen LogP contribution in [0.3, 0.4) is 0 Å². The second-order valence-corrected chi connectivity index (χ2v) is 40.4. The molecule has 0 saturated carbocycles. The SMILES string of the molecule is Cc1cc(C)n(-c2[c-]c(Oc3[c-]c(C4=[C-]N(C)C5C=CC=CN45)ccc3)cc(C(C)(C)C)c2)n1.Cc1cc(C)n(-c2[c-]c(Oc3[c-]c(C4=[C-]N(C)C5C=CC=CN45)ccc3)cc(C(C)(C)C)c2)n1.Cc1cc(C)n(-c2[c-]c(Oc3[c-]c(C4=[C-]N(C)C5C=CC=CN45)ccc3)ccc2)n1.Cc1cccc(C)c1N1[C-]=C(c2[c-]c(Oc3[c-]c(-n4nc(C)c(-c5ccccc5)c4C)ccc3)cc(C(C)(C)C)c2)N2C=CC=CC21.[Pt].[Pt].[Pt].[Pt]. The maximum Gasteiger partial charge on any atom is 0.0977 e. The van der Waals surface area contributed by atoms with E-state index in [0.717, 1.165) is 141 Å². The van der Waals surface area contributed by atoms with Crippen molar-refractivity contribution in [2.24, 2.45) is 0 Å². The van der Waals surface area contributed by atoms with Gasteiger partial charge in [-0.25, -0.2) is 23.8 Å². The van der Waals surface area contributed by atoms with E-state index in [2.05, 4.69) is 402 Å². The largest absolute Gasteiger partial charge is 0.504 e. The molecule has 0 bridgehead atoms. The Morgan fingerprint density at radius 1 is 0.282 bits per heavy atom. The Labute approximate surface area is 936 Å². The molecule has 149 heavy (non-hydrogen) atoms. The van der Waals surface area contributed by atoms with Gasteiger partial charge in [-0.1, -0.05) is 152 Å². The number of aryl methyl sites for hydroxylation is 9. The molecule has 8 aliphatic heterocycles. The Bertz CT molecular complexity index is 7460. The summed E-state index contributed by atoms with van der Waals surface area (Å²) < 4.78 is 33.0. The van der Waals surface area contributed by atoms with E-state index >= 15 is 0 Å². The molecule has 22 rings (SSSR count). The Morgan fingerprint density at radius 2 is 0.597 bits per heavy atom. The summed E-state index contributed by atoms with van der Waals surface area (Å²) in [5.41, 5.74) is 28.2. The molecular formula is C125H118N16O4Pt4-12. The van der Waals surface area contributed by atoms with Crippen molar-refractivity contribution in [1.82, 2.24) is 73.4 Å². The summed E-state index contributed by atoms with van der Waals surface area (Å²) in [6.07, 6.45) is 47.8. The minimum Gasteiger partial charge on any atom is -0.504 e. The van der Waals surface area contributed by atoms with Crippen LogP contribution in [0.1, 0.15) is 158 Å². The van der Waals surface area contributed by atoms with E-state index in [-0.39, 0.29) is 125 Å². The van der Waals surface area contributed by atoms with Gasteiger partial charge in [-0.2, -0.15) is 117 Å². The molecule has 4 atom stereocenters. The van der Waals surface area contributed by atoms with Crippen LogP contribution in [-0.2, 0) is 101 Å². The van der Waals surface area contributed by atoms with Crippen LogP contribution in [0.15, 0.2) is 292 Å². The van der Waals surface area contributed by atoms with Crippen molar-refractivity contribution >= 4 is 28.5 Å². The van der Waals surface area contributed by atoms with Gasteiger partial charge < -0.3 is 58.1 Å². The smallest absolute Gasteiger partial charge is 0.0977 e. The number of ether oxygens (including phenoxy) is 4. The summed E-state index contributed by atoms with van der Waals surface area (Å²) >= 11 is 0. The molecule has 0 saturated heterocycles. The molecular weight excluding hydrogens is 2570 g/mol. The van der Waals surface area contributed by atoms with Crippen molar-refractivity contribution in [2.75, 3.05) is 26.0 Å². The molecule has 774 valence electrons. The van der Waals surface area contributed by atoms with Crippen LogP contribution >= 0.6 is 0 Å². The molecule has 20 nitrogen and oxygen atoms in total. The number of aromatic nitrogens is 8. The predicted octanol–water partition coefficient (Wildman–Crippen LogP) is 26.3. The third-order valence-electron chi connectivity index (χ3n) is 26.1. The number of hydrogen-bond donors (Lipinski definition) is 0. The average molecular weight is 2690 g/mol. The zero-order valence-electron chi connectivity index (χ0n) is 87.6. The molecule has 14 aromatic rings. The summed E-state index contributed by atoms with van der Waals surface area (Å²) in [4.78, 5) is 17.2. The van der Waals surface area contributed by atoms with Crippen molar-refractivity contribution in [1.29, 1.82) is 0 Å². The normalized spacial score (nSPS) is 16.3. The van der Waals surface area contributed by atoms with Crippen molar-refractivity contribution in [3.05, 3.63) is 461 Å². The third-order valence-corrected chi connectivity index (χ3v) is 26.1. The van der Waals surface area contributed by atoms with Gasteiger partial charge in [0.05, 0.1) is 47.4 Å². The van der Waals surface area contributed by atoms with Gasteiger partial charge >= 0.3 is 0 Å². The van der Waals surface area contributed by atoms with E-state index in [0.29, 0.717) is 46.0 Å². The van der Waals surface area contributed by atoms with Gasteiger partial charge in [-0.05, 0) is 232 Å². The molecule has 0 radical (unpaired) electrons. The topological polar surface area (TPSA) is 134 Å². The van der Waals surface area contributed by atoms with Gasteiger partial charge in [0.25, 0.3) is 0 Å². The van der Waals surface area contributed by atoms with Crippen molar-refractivity contribution in [3.8, 4) is 79.9 Å². The second kappa shape index (κ2) is 45.8. The Hall–Kier alpha value is -13.7. The Morgan fingerprint density at radius 3 is 0.980 bits per heavy atom. The van der Waals surface area contributed by atoms with E-state index < -0.39 is 0 Å². The molecule has 0 amide bonds. The van der Waals surface area contributed by atoms with Gasteiger partial charge in [-0.15, -0.1) is 120 Å². The monoisotopic (exact) mass is 2690 g/mol. The number of anilines is 1. The number of hydrogen-bond acceptors (Lipinski definition) is 16. The molecule has 0 aliphatic carbocycles. The first-order valence-electron chi connectivity index (χ1n) is 49.0. The average Bonchev–Trinajstić information content (AvgIpc) is 1.60. The molecule has 4 aromatic heterocycles. The summed E-state index contributed by atoms with van der Waals surface area (Å²) in [5.74, 6) is 5.04. The zero-order valence-corrected chi connectivity index (χ0v) is 96.7. The van der Waals surface area contributed by atoms with Gasteiger partial charge in [-0.3, -0.25) is 35.4 Å². The third kappa shape index (κ3) is 24.1. The van der Waals surface area contributed by atoms with Crippen molar-refractivity contribution in [2.45, 2.75) is 172 Å². The fourth-order valence-electron chi connectivity index (χ4n) is 18.8. The Balaban J connectivity index is 0.000000149. The van der Waals surface area contributed by atoms with Crippen LogP contribution in [-0.4, -0.2) is 119 Å². The number of para-hydroxylation sites is 1. The molecule has 4 unspecified atom stereocenters. The van der Waals surface area contributed by atoms with Crippen LogP contribution in [0.5, 0.6) is 46.0 Å². The van der Waals surface area contributed by atoms with E-state index in [4.69, 9.17) is 24.0 Å².